The quantitative estimate of drug-likeness (QED) is 0.373. The molecule has 3 N–H and O–H groups in total. The van der Waals surface area contributed by atoms with Crippen LogP contribution in [0.15, 0.2) is 66.7 Å². The van der Waals surface area contributed by atoms with Gasteiger partial charge in [-0.05, 0) is 47.9 Å². The Morgan fingerprint density at radius 3 is 2.74 bits per heavy atom. The third-order valence-electron chi connectivity index (χ3n) is 7.81. The van der Waals surface area contributed by atoms with Crippen molar-refractivity contribution >= 4 is 28.6 Å². The van der Waals surface area contributed by atoms with E-state index in [1.54, 1.807) is 24.0 Å². The molecule has 0 spiro atoms. The van der Waals surface area contributed by atoms with Crippen LogP contribution in [-0.4, -0.2) is 46.5 Å². The van der Waals surface area contributed by atoms with Crippen LogP contribution in [0, 0.1) is 0 Å². The second-order valence-electron chi connectivity index (χ2n) is 10.1. The summed E-state index contributed by atoms with van der Waals surface area (Å²) < 4.78 is 10.7. The molecule has 3 aliphatic heterocycles. The Bertz CT molecular complexity index is 1660. The zero-order chi connectivity index (χ0) is 26.7. The molecular formula is C30H26N4O5. The van der Waals surface area contributed by atoms with Crippen molar-refractivity contribution in [1.82, 2.24) is 20.5 Å². The third kappa shape index (κ3) is 3.72. The first kappa shape index (κ1) is 23.3. The largest absolute Gasteiger partial charge is 0.454 e. The van der Waals surface area contributed by atoms with Gasteiger partial charge in [0.1, 0.15) is 12.1 Å². The van der Waals surface area contributed by atoms with Gasteiger partial charge in [0, 0.05) is 35.1 Å². The number of nitrogens with one attached hydrogen (secondary N) is 3. The first-order valence-electron chi connectivity index (χ1n) is 13.0. The lowest BCUT2D eigenvalue weighted by atomic mass is 9.90. The fourth-order valence-electron chi connectivity index (χ4n) is 5.91. The monoisotopic (exact) mass is 522 g/mol. The fraction of sp³-hybridized carbons (Fsp3) is 0.233. The molecule has 7 rings (SSSR count). The summed E-state index contributed by atoms with van der Waals surface area (Å²) >= 11 is 0. The number of aromatic nitrogens is 1. The Labute approximate surface area is 224 Å². The lowest BCUT2D eigenvalue weighted by Crippen LogP contribution is -2.55. The summed E-state index contributed by atoms with van der Waals surface area (Å²) in [6, 6.07) is 19.0. The number of hydrogen-bond donors (Lipinski definition) is 3. The lowest BCUT2D eigenvalue weighted by Gasteiger charge is -2.37. The molecule has 1 aromatic heterocycles. The summed E-state index contributed by atoms with van der Waals surface area (Å²) in [6.45, 7) is 2.10. The van der Waals surface area contributed by atoms with Gasteiger partial charge in [-0.1, -0.05) is 42.5 Å². The van der Waals surface area contributed by atoms with E-state index in [1.807, 2.05) is 54.6 Å². The average molecular weight is 523 g/mol. The van der Waals surface area contributed by atoms with Crippen LogP contribution in [0.25, 0.3) is 10.9 Å². The molecule has 3 amide bonds. The van der Waals surface area contributed by atoms with Crippen LogP contribution in [0.1, 0.15) is 45.7 Å². The number of H-pyrrole nitrogens is 1. The molecule has 0 radical (unpaired) electrons. The molecule has 4 aromatic rings. The van der Waals surface area contributed by atoms with Gasteiger partial charge in [0.05, 0.1) is 6.04 Å². The van der Waals surface area contributed by atoms with Crippen LogP contribution in [0.3, 0.4) is 0 Å². The van der Waals surface area contributed by atoms with Gasteiger partial charge in [0.25, 0.3) is 5.91 Å². The Kier molecular flexibility index (Phi) is 5.33. The van der Waals surface area contributed by atoms with Crippen LogP contribution in [-0.2, 0) is 22.6 Å². The minimum Gasteiger partial charge on any atom is -0.454 e. The molecular weight excluding hydrogens is 496 g/mol. The smallest absolute Gasteiger partial charge is 0.255 e. The molecule has 0 fully saturated rings. The van der Waals surface area contributed by atoms with Gasteiger partial charge in [-0.25, -0.2) is 0 Å². The number of hydrogen-bond acceptors (Lipinski definition) is 5. The summed E-state index contributed by atoms with van der Waals surface area (Å²) in [4.78, 5) is 45.3. The van der Waals surface area contributed by atoms with E-state index in [0.29, 0.717) is 23.5 Å². The molecule has 9 heteroatoms. The molecule has 3 atom stereocenters. The van der Waals surface area contributed by atoms with Gasteiger partial charge in [0.15, 0.2) is 11.5 Å². The number of benzene rings is 3. The zero-order valence-corrected chi connectivity index (χ0v) is 21.2. The van der Waals surface area contributed by atoms with Crippen LogP contribution in [0.2, 0.25) is 0 Å². The van der Waals surface area contributed by atoms with E-state index in [0.717, 1.165) is 33.3 Å². The number of carbonyl (C=O) groups excluding carboxylic acids is 3. The van der Waals surface area contributed by atoms with Gasteiger partial charge in [-0.2, -0.15) is 0 Å². The summed E-state index contributed by atoms with van der Waals surface area (Å²) in [6.07, 6.45) is 0.354. The average Bonchev–Trinajstić information content (AvgIpc) is 3.65. The van der Waals surface area contributed by atoms with Crippen molar-refractivity contribution in [3.63, 3.8) is 0 Å². The van der Waals surface area contributed by atoms with E-state index in [-0.39, 0.29) is 31.1 Å². The van der Waals surface area contributed by atoms with E-state index in [9.17, 15) is 14.4 Å². The molecule has 39 heavy (non-hydrogen) atoms. The van der Waals surface area contributed by atoms with E-state index in [1.165, 1.54) is 0 Å². The van der Waals surface area contributed by atoms with Crippen LogP contribution < -0.4 is 20.1 Å². The van der Waals surface area contributed by atoms with Crippen LogP contribution in [0.5, 0.6) is 11.5 Å². The van der Waals surface area contributed by atoms with Crippen molar-refractivity contribution in [1.29, 1.82) is 0 Å². The third-order valence-corrected chi connectivity index (χ3v) is 7.81. The number of rotatable bonds is 5. The summed E-state index contributed by atoms with van der Waals surface area (Å²) in [5, 5.41) is 6.76. The maximum Gasteiger partial charge on any atom is 0.255 e. The highest BCUT2D eigenvalue weighted by molar-refractivity contribution is 6.04. The number of amides is 3. The molecule has 0 bridgehead atoms. The molecule has 3 aliphatic rings. The second-order valence-corrected chi connectivity index (χ2v) is 10.1. The minimum atomic E-state index is -0.797. The molecule has 0 aliphatic carbocycles. The highest BCUT2D eigenvalue weighted by Gasteiger charge is 2.49. The number of carbonyl (C=O) groups is 3. The Morgan fingerprint density at radius 1 is 1.05 bits per heavy atom. The first-order chi connectivity index (χ1) is 19.0. The fourth-order valence-corrected chi connectivity index (χ4v) is 5.91. The van der Waals surface area contributed by atoms with Gasteiger partial charge >= 0.3 is 0 Å². The Morgan fingerprint density at radius 2 is 1.85 bits per heavy atom. The van der Waals surface area contributed by atoms with Gasteiger partial charge in [0.2, 0.25) is 18.6 Å². The van der Waals surface area contributed by atoms with Crippen molar-refractivity contribution in [2.24, 2.45) is 0 Å². The predicted molar refractivity (Wildman–Crippen MR) is 142 cm³/mol. The van der Waals surface area contributed by atoms with Crippen molar-refractivity contribution in [3.8, 4) is 11.5 Å². The first-order valence-corrected chi connectivity index (χ1v) is 13.0. The molecule has 0 saturated heterocycles. The number of para-hydroxylation sites is 1. The topological polar surface area (TPSA) is 113 Å². The van der Waals surface area contributed by atoms with Crippen LogP contribution >= 0.6 is 0 Å². The lowest BCUT2D eigenvalue weighted by molar-refractivity contribution is -0.131. The number of nitrogens with zero attached hydrogens (tertiary/aromatic N) is 1. The van der Waals surface area contributed by atoms with E-state index in [4.69, 9.17) is 9.47 Å². The summed E-state index contributed by atoms with van der Waals surface area (Å²) in [5.41, 5.74) is 5.26. The molecule has 4 heterocycles. The Hall–Kier alpha value is -4.79. The molecule has 9 nitrogen and oxygen atoms in total. The second kappa shape index (κ2) is 8.90. The van der Waals surface area contributed by atoms with Crippen molar-refractivity contribution in [3.05, 3.63) is 94.7 Å². The minimum absolute atomic E-state index is 0.181. The van der Waals surface area contributed by atoms with Crippen LogP contribution in [0.4, 0.5) is 0 Å². The summed E-state index contributed by atoms with van der Waals surface area (Å²) in [7, 11) is 0. The number of ether oxygens (including phenoxy) is 2. The maximum atomic E-state index is 13.7. The number of aromatic amines is 1. The highest BCUT2D eigenvalue weighted by atomic mass is 16.7. The van der Waals surface area contributed by atoms with E-state index >= 15 is 0 Å². The number of fused-ring (bicyclic) bond motifs is 8. The van der Waals surface area contributed by atoms with E-state index < -0.39 is 18.1 Å². The standard InChI is InChI=1S/C30H26N4O5/c1-16(28(35)31-14-17-10-11-24-25(12-17)39-15-38-24)32-29(36)23-13-21-18-6-4-5-9-22(18)33-26(21)27-19-7-2-3-8-20(19)30(37)34(23)27/h2-12,16,23,27,33H,13-15H2,1H3,(H,31,35)(H,32,36)/t16-,23-,27-/m0/s1. The normalized spacial score (nSPS) is 19.3. The van der Waals surface area contributed by atoms with Crippen molar-refractivity contribution in [2.45, 2.75) is 38.0 Å². The Balaban J connectivity index is 1.12. The maximum absolute atomic E-state index is 13.7. The van der Waals surface area contributed by atoms with Crippen molar-refractivity contribution < 1.29 is 23.9 Å². The van der Waals surface area contributed by atoms with Crippen molar-refractivity contribution in [2.75, 3.05) is 6.79 Å². The van der Waals surface area contributed by atoms with Gasteiger partial charge < -0.3 is 30.0 Å². The SMILES string of the molecule is C[C@H](NC(=O)[C@@H]1Cc2c([nH]c3ccccc23)[C@@H]2c3ccccc3C(=O)N21)C(=O)NCc1ccc2c(c1)OCO2. The molecule has 0 unspecified atom stereocenters. The molecule has 3 aromatic carbocycles. The summed E-state index contributed by atoms with van der Waals surface area (Å²) in [5.74, 6) is 0.455. The zero-order valence-electron chi connectivity index (χ0n) is 21.2. The van der Waals surface area contributed by atoms with E-state index in [2.05, 4.69) is 15.6 Å². The molecule has 0 saturated carbocycles. The van der Waals surface area contributed by atoms with Gasteiger partial charge in [-0.15, -0.1) is 0 Å². The molecule has 196 valence electrons. The van der Waals surface area contributed by atoms with Gasteiger partial charge in [-0.3, -0.25) is 14.4 Å². The highest BCUT2D eigenvalue weighted by Crippen LogP contribution is 2.46. The predicted octanol–water partition coefficient (Wildman–Crippen LogP) is 3.19.